The third-order valence-corrected chi connectivity index (χ3v) is 4.05. The lowest BCUT2D eigenvalue weighted by Gasteiger charge is -2.46. The van der Waals surface area contributed by atoms with Gasteiger partial charge in [0.15, 0.2) is 0 Å². The van der Waals surface area contributed by atoms with E-state index in [2.05, 4.69) is 32.9 Å². The van der Waals surface area contributed by atoms with Crippen molar-refractivity contribution in [2.75, 3.05) is 7.11 Å². The van der Waals surface area contributed by atoms with Crippen LogP contribution in [0.5, 0.6) is 5.75 Å². The van der Waals surface area contributed by atoms with Crippen LogP contribution in [0.25, 0.3) is 0 Å². The number of ether oxygens (including phenoxy) is 1. The minimum Gasteiger partial charge on any atom is -0.496 e. The van der Waals surface area contributed by atoms with Crippen LogP contribution in [0.2, 0.25) is 0 Å². The zero-order chi connectivity index (χ0) is 13.4. The Hall–Kier alpha value is -1.02. The molecular formula is C16H25NO. The fourth-order valence-corrected chi connectivity index (χ4v) is 3.90. The van der Waals surface area contributed by atoms with Gasteiger partial charge in [0.2, 0.25) is 0 Å². The highest BCUT2D eigenvalue weighted by atomic mass is 16.5. The summed E-state index contributed by atoms with van der Waals surface area (Å²) in [5, 5.41) is 0. The van der Waals surface area contributed by atoms with Crippen LogP contribution < -0.4 is 10.5 Å². The highest BCUT2D eigenvalue weighted by Crippen LogP contribution is 2.48. The molecule has 1 fully saturated rings. The van der Waals surface area contributed by atoms with Crippen molar-refractivity contribution in [3.8, 4) is 5.75 Å². The van der Waals surface area contributed by atoms with E-state index in [0.29, 0.717) is 11.3 Å². The summed E-state index contributed by atoms with van der Waals surface area (Å²) < 4.78 is 5.49. The summed E-state index contributed by atoms with van der Waals surface area (Å²) >= 11 is 0. The normalized spacial score (nSPS) is 31.1. The third-order valence-electron chi connectivity index (χ3n) is 4.05. The summed E-state index contributed by atoms with van der Waals surface area (Å²) in [6.07, 6.45) is 3.31. The van der Waals surface area contributed by atoms with Crippen molar-refractivity contribution in [2.45, 2.75) is 45.6 Å². The van der Waals surface area contributed by atoms with Crippen LogP contribution in [0.3, 0.4) is 0 Å². The molecule has 0 heterocycles. The van der Waals surface area contributed by atoms with E-state index in [1.807, 2.05) is 12.1 Å². The van der Waals surface area contributed by atoms with Crippen molar-refractivity contribution in [3.63, 3.8) is 0 Å². The number of benzene rings is 1. The van der Waals surface area contributed by atoms with E-state index in [1.54, 1.807) is 7.11 Å². The standard InChI is InChI=1S/C16H25NO/c1-12-9-15(2,3)11-16(17,10-12)13-7-5-6-8-14(13)18-4/h5-8,12H,9-11,17H2,1-4H3. The van der Waals surface area contributed by atoms with Crippen LogP contribution in [-0.4, -0.2) is 7.11 Å². The maximum Gasteiger partial charge on any atom is 0.123 e. The van der Waals surface area contributed by atoms with Gasteiger partial charge in [0, 0.05) is 11.1 Å². The second-order valence-electron chi connectivity index (χ2n) is 6.71. The summed E-state index contributed by atoms with van der Waals surface area (Å²) in [7, 11) is 1.72. The maximum absolute atomic E-state index is 6.74. The van der Waals surface area contributed by atoms with E-state index in [9.17, 15) is 0 Å². The SMILES string of the molecule is COc1ccccc1C1(N)CC(C)CC(C)(C)C1. The molecule has 0 bridgehead atoms. The predicted molar refractivity (Wildman–Crippen MR) is 75.7 cm³/mol. The van der Waals surface area contributed by atoms with Crippen molar-refractivity contribution in [2.24, 2.45) is 17.1 Å². The minimum absolute atomic E-state index is 0.256. The lowest BCUT2D eigenvalue weighted by molar-refractivity contribution is 0.105. The monoisotopic (exact) mass is 247 g/mol. The molecule has 2 atom stereocenters. The molecule has 2 nitrogen and oxygen atoms in total. The number of hydrogen-bond donors (Lipinski definition) is 1. The van der Waals surface area contributed by atoms with Crippen molar-refractivity contribution < 1.29 is 4.74 Å². The molecule has 1 saturated carbocycles. The van der Waals surface area contributed by atoms with E-state index in [1.165, 1.54) is 6.42 Å². The second kappa shape index (κ2) is 4.58. The predicted octanol–water partition coefficient (Wildman–Crippen LogP) is 3.70. The van der Waals surface area contributed by atoms with E-state index in [4.69, 9.17) is 10.5 Å². The quantitative estimate of drug-likeness (QED) is 0.865. The molecule has 0 aliphatic heterocycles. The van der Waals surface area contributed by atoms with Gasteiger partial charge in [-0.2, -0.15) is 0 Å². The number of rotatable bonds is 2. The maximum atomic E-state index is 6.74. The first-order chi connectivity index (χ1) is 8.36. The Morgan fingerprint density at radius 3 is 2.50 bits per heavy atom. The fourth-order valence-electron chi connectivity index (χ4n) is 3.90. The van der Waals surface area contributed by atoms with E-state index in [0.717, 1.165) is 24.2 Å². The molecular weight excluding hydrogens is 222 g/mol. The smallest absolute Gasteiger partial charge is 0.123 e. The van der Waals surface area contributed by atoms with Crippen molar-refractivity contribution in [3.05, 3.63) is 29.8 Å². The first kappa shape index (κ1) is 13.4. The van der Waals surface area contributed by atoms with Gasteiger partial charge in [-0.05, 0) is 36.7 Å². The summed E-state index contributed by atoms with van der Waals surface area (Å²) in [5.41, 5.74) is 7.94. The molecule has 1 aromatic carbocycles. The van der Waals surface area contributed by atoms with Crippen LogP contribution in [0.1, 0.15) is 45.6 Å². The Morgan fingerprint density at radius 2 is 1.89 bits per heavy atom. The van der Waals surface area contributed by atoms with Crippen LogP contribution in [0.15, 0.2) is 24.3 Å². The highest BCUT2D eigenvalue weighted by Gasteiger charge is 2.42. The lowest BCUT2D eigenvalue weighted by atomic mass is 9.62. The highest BCUT2D eigenvalue weighted by molar-refractivity contribution is 5.39. The van der Waals surface area contributed by atoms with Gasteiger partial charge in [-0.3, -0.25) is 0 Å². The number of methoxy groups -OCH3 is 1. The van der Waals surface area contributed by atoms with Gasteiger partial charge in [-0.25, -0.2) is 0 Å². The summed E-state index contributed by atoms with van der Waals surface area (Å²) in [4.78, 5) is 0. The van der Waals surface area contributed by atoms with Gasteiger partial charge in [-0.15, -0.1) is 0 Å². The number of nitrogens with two attached hydrogens (primary N) is 1. The van der Waals surface area contributed by atoms with E-state index in [-0.39, 0.29) is 5.54 Å². The summed E-state index contributed by atoms with van der Waals surface area (Å²) in [6.45, 7) is 6.94. The molecule has 0 saturated heterocycles. The Bertz CT molecular complexity index is 427. The molecule has 1 aliphatic carbocycles. The Morgan fingerprint density at radius 1 is 1.22 bits per heavy atom. The van der Waals surface area contributed by atoms with Crippen LogP contribution in [0.4, 0.5) is 0 Å². The molecule has 2 rings (SSSR count). The Balaban J connectivity index is 2.41. The van der Waals surface area contributed by atoms with E-state index >= 15 is 0 Å². The van der Waals surface area contributed by atoms with Crippen molar-refractivity contribution >= 4 is 0 Å². The molecule has 0 radical (unpaired) electrons. The second-order valence-corrected chi connectivity index (χ2v) is 6.71. The average molecular weight is 247 g/mol. The topological polar surface area (TPSA) is 35.2 Å². The summed E-state index contributed by atoms with van der Waals surface area (Å²) in [5.74, 6) is 1.58. The van der Waals surface area contributed by atoms with Gasteiger partial charge in [-0.1, -0.05) is 39.0 Å². The molecule has 0 amide bonds. The molecule has 2 unspecified atom stereocenters. The fraction of sp³-hybridized carbons (Fsp3) is 0.625. The lowest BCUT2D eigenvalue weighted by Crippen LogP contribution is -2.46. The van der Waals surface area contributed by atoms with Gasteiger partial charge < -0.3 is 10.5 Å². The van der Waals surface area contributed by atoms with Gasteiger partial charge in [0.1, 0.15) is 5.75 Å². The Kier molecular flexibility index (Phi) is 3.41. The average Bonchev–Trinajstić information content (AvgIpc) is 2.25. The number of hydrogen-bond acceptors (Lipinski definition) is 2. The molecule has 0 spiro atoms. The van der Waals surface area contributed by atoms with Crippen LogP contribution >= 0.6 is 0 Å². The van der Waals surface area contributed by atoms with Crippen LogP contribution in [-0.2, 0) is 5.54 Å². The van der Waals surface area contributed by atoms with Crippen LogP contribution in [0, 0.1) is 11.3 Å². The first-order valence-corrected chi connectivity index (χ1v) is 6.79. The van der Waals surface area contributed by atoms with Crippen molar-refractivity contribution in [1.82, 2.24) is 0 Å². The minimum atomic E-state index is -0.256. The molecule has 18 heavy (non-hydrogen) atoms. The molecule has 2 N–H and O–H groups in total. The zero-order valence-corrected chi connectivity index (χ0v) is 12.0. The first-order valence-electron chi connectivity index (χ1n) is 6.79. The zero-order valence-electron chi connectivity index (χ0n) is 12.0. The molecule has 1 aromatic rings. The van der Waals surface area contributed by atoms with Gasteiger partial charge >= 0.3 is 0 Å². The third kappa shape index (κ3) is 2.54. The van der Waals surface area contributed by atoms with E-state index < -0.39 is 0 Å². The largest absolute Gasteiger partial charge is 0.496 e. The van der Waals surface area contributed by atoms with Gasteiger partial charge in [0.05, 0.1) is 7.11 Å². The molecule has 0 aromatic heterocycles. The molecule has 100 valence electrons. The van der Waals surface area contributed by atoms with Gasteiger partial charge in [0.25, 0.3) is 0 Å². The molecule has 2 heteroatoms. The summed E-state index contributed by atoms with van der Waals surface area (Å²) in [6, 6.07) is 8.19. The Labute approximate surface area is 111 Å². The number of para-hydroxylation sites is 1. The van der Waals surface area contributed by atoms with Crippen molar-refractivity contribution in [1.29, 1.82) is 0 Å². The molecule has 1 aliphatic rings.